The molecule has 2 rings (SSSR count). The summed E-state index contributed by atoms with van der Waals surface area (Å²) < 4.78 is 0. The molecule has 1 fully saturated rings. The first kappa shape index (κ1) is 9.98. The van der Waals surface area contributed by atoms with Crippen molar-refractivity contribution in [2.24, 2.45) is 0 Å². The van der Waals surface area contributed by atoms with E-state index in [1.165, 1.54) is 0 Å². The van der Waals surface area contributed by atoms with Gasteiger partial charge in [0.1, 0.15) is 0 Å². The number of urea groups is 1. The number of amides is 2. The zero-order valence-electron chi connectivity index (χ0n) is 8.57. The van der Waals surface area contributed by atoms with Gasteiger partial charge in [-0.15, -0.1) is 0 Å². The quantitative estimate of drug-likeness (QED) is 0.734. The Balaban J connectivity index is 1.91. The predicted molar refractivity (Wildman–Crippen MR) is 59.4 cm³/mol. The van der Waals surface area contributed by atoms with E-state index in [2.05, 4.69) is 10.7 Å². The van der Waals surface area contributed by atoms with Crippen LogP contribution >= 0.6 is 0 Å². The monoisotopic (exact) mass is 205 g/mol. The molecule has 1 aromatic rings. The van der Waals surface area contributed by atoms with Crippen LogP contribution in [0.3, 0.4) is 0 Å². The number of hydrazine groups is 1. The molecule has 2 N–H and O–H groups in total. The van der Waals surface area contributed by atoms with Crippen LogP contribution in [-0.4, -0.2) is 24.1 Å². The molecule has 0 aromatic heterocycles. The van der Waals surface area contributed by atoms with E-state index in [-0.39, 0.29) is 6.03 Å². The highest BCUT2D eigenvalue weighted by molar-refractivity contribution is 5.88. The first-order valence-electron chi connectivity index (χ1n) is 5.23. The van der Waals surface area contributed by atoms with Crippen molar-refractivity contribution in [3.63, 3.8) is 0 Å². The topological polar surface area (TPSA) is 44.4 Å². The predicted octanol–water partition coefficient (Wildman–Crippen LogP) is 1.82. The SMILES string of the molecule is O=C(Nc1ccccc1)N1CCCCN1. The van der Waals surface area contributed by atoms with Crippen molar-refractivity contribution in [2.45, 2.75) is 12.8 Å². The second kappa shape index (κ2) is 4.79. The number of anilines is 1. The molecule has 2 amide bonds. The van der Waals surface area contributed by atoms with E-state index >= 15 is 0 Å². The van der Waals surface area contributed by atoms with E-state index in [1.807, 2.05) is 30.3 Å². The van der Waals surface area contributed by atoms with Crippen LogP contribution in [-0.2, 0) is 0 Å². The molecule has 0 radical (unpaired) electrons. The Morgan fingerprint density at radius 3 is 2.73 bits per heavy atom. The number of carbonyl (C=O) groups is 1. The smallest absolute Gasteiger partial charge is 0.307 e. The fourth-order valence-corrected chi connectivity index (χ4v) is 1.57. The minimum Gasteiger partial charge on any atom is -0.307 e. The molecule has 0 unspecified atom stereocenters. The number of para-hydroxylation sites is 1. The molecule has 0 aliphatic carbocycles. The van der Waals surface area contributed by atoms with Gasteiger partial charge in [0.05, 0.1) is 0 Å². The maximum Gasteiger partial charge on any atom is 0.336 e. The van der Waals surface area contributed by atoms with Crippen LogP contribution in [0.25, 0.3) is 0 Å². The standard InChI is InChI=1S/C11H15N3O/c15-11(14-9-5-4-8-12-14)13-10-6-2-1-3-7-10/h1-3,6-7,12H,4-5,8-9H2,(H,13,15). The van der Waals surface area contributed by atoms with Crippen LogP contribution in [0.15, 0.2) is 30.3 Å². The fraction of sp³-hybridized carbons (Fsp3) is 0.364. The fourth-order valence-electron chi connectivity index (χ4n) is 1.57. The Kier molecular flexibility index (Phi) is 3.19. The summed E-state index contributed by atoms with van der Waals surface area (Å²) >= 11 is 0. The third kappa shape index (κ3) is 2.70. The number of nitrogens with one attached hydrogen (secondary N) is 2. The summed E-state index contributed by atoms with van der Waals surface area (Å²) in [7, 11) is 0. The number of rotatable bonds is 1. The van der Waals surface area contributed by atoms with Gasteiger partial charge in [-0.1, -0.05) is 18.2 Å². The van der Waals surface area contributed by atoms with Gasteiger partial charge in [0.2, 0.25) is 0 Å². The zero-order chi connectivity index (χ0) is 10.5. The first-order chi connectivity index (χ1) is 7.36. The van der Waals surface area contributed by atoms with E-state index < -0.39 is 0 Å². The van der Waals surface area contributed by atoms with Gasteiger partial charge in [0.15, 0.2) is 0 Å². The van der Waals surface area contributed by atoms with Crippen molar-refractivity contribution in [2.75, 3.05) is 18.4 Å². The summed E-state index contributed by atoms with van der Waals surface area (Å²) in [5.74, 6) is 0. The second-order valence-corrected chi connectivity index (χ2v) is 3.56. The van der Waals surface area contributed by atoms with E-state index in [4.69, 9.17) is 0 Å². The average Bonchev–Trinajstić information content (AvgIpc) is 2.31. The Morgan fingerprint density at radius 1 is 1.27 bits per heavy atom. The van der Waals surface area contributed by atoms with Crippen molar-refractivity contribution in [3.8, 4) is 0 Å². The third-order valence-corrected chi connectivity index (χ3v) is 2.38. The summed E-state index contributed by atoms with van der Waals surface area (Å²) in [6.07, 6.45) is 2.20. The molecule has 1 heterocycles. The van der Waals surface area contributed by atoms with Gasteiger partial charge in [-0.3, -0.25) is 5.01 Å². The lowest BCUT2D eigenvalue weighted by atomic mass is 10.3. The van der Waals surface area contributed by atoms with Crippen molar-refractivity contribution >= 4 is 11.7 Å². The summed E-state index contributed by atoms with van der Waals surface area (Å²) in [4.78, 5) is 11.7. The van der Waals surface area contributed by atoms with E-state index in [0.717, 1.165) is 31.6 Å². The van der Waals surface area contributed by atoms with Crippen LogP contribution < -0.4 is 10.7 Å². The highest BCUT2D eigenvalue weighted by Crippen LogP contribution is 2.07. The van der Waals surface area contributed by atoms with E-state index in [0.29, 0.717) is 0 Å². The highest BCUT2D eigenvalue weighted by Gasteiger charge is 2.15. The lowest BCUT2D eigenvalue weighted by Gasteiger charge is -2.27. The van der Waals surface area contributed by atoms with Crippen molar-refractivity contribution < 1.29 is 4.79 Å². The molecular weight excluding hydrogens is 190 g/mol. The van der Waals surface area contributed by atoms with Gasteiger partial charge in [-0.25, -0.2) is 10.2 Å². The molecule has 1 saturated heterocycles. The molecule has 1 aliphatic rings. The van der Waals surface area contributed by atoms with Crippen LogP contribution in [0, 0.1) is 0 Å². The van der Waals surface area contributed by atoms with Crippen LogP contribution in [0.4, 0.5) is 10.5 Å². The number of nitrogens with zero attached hydrogens (tertiary/aromatic N) is 1. The minimum atomic E-state index is -0.0825. The Morgan fingerprint density at radius 2 is 2.07 bits per heavy atom. The largest absolute Gasteiger partial charge is 0.336 e. The van der Waals surface area contributed by atoms with Crippen LogP contribution in [0.1, 0.15) is 12.8 Å². The Labute approximate surface area is 89.2 Å². The Hall–Kier alpha value is -1.55. The molecule has 80 valence electrons. The van der Waals surface area contributed by atoms with Gasteiger partial charge in [0, 0.05) is 18.8 Å². The van der Waals surface area contributed by atoms with E-state index in [1.54, 1.807) is 5.01 Å². The normalized spacial score (nSPS) is 16.1. The molecule has 1 aliphatic heterocycles. The summed E-state index contributed by atoms with van der Waals surface area (Å²) in [6, 6.07) is 9.40. The molecule has 1 aromatic carbocycles. The molecule has 0 atom stereocenters. The highest BCUT2D eigenvalue weighted by atomic mass is 16.2. The molecule has 4 nitrogen and oxygen atoms in total. The maximum absolute atomic E-state index is 11.7. The number of carbonyl (C=O) groups excluding carboxylic acids is 1. The number of hydrogen-bond donors (Lipinski definition) is 2. The van der Waals surface area contributed by atoms with Gasteiger partial charge in [0.25, 0.3) is 0 Å². The second-order valence-electron chi connectivity index (χ2n) is 3.56. The van der Waals surface area contributed by atoms with Crippen molar-refractivity contribution in [1.82, 2.24) is 10.4 Å². The maximum atomic E-state index is 11.7. The lowest BCUT2D eigenvalue weighted by molar-refractivity contribution is 0.166. The molecular formula is C11H15N3O. The molecule has 15 heavy (non-hydrogen) atoms. The van der Waals surface area contributed by atoms with Crippen LogP contribution in [0.5, 0.6) is 0 Å². The Bertz CT molecular complexity index is 320. The summed E-state index contributed by atoms with van der Waals surface area (Å²) in [6.45, 7) is 1.65. The van der Waals surface area contributed by atoms with Crippen molar-refractivity contribution in [1.29, 1.82) is 0 Å². The average molecular weight is 205 g/mol. The van der Waals surface area contributed by atoms with E-state index in [9.17, 15) is 4.79 Å². The van der Waals surface area contributed by atoms with Gasteiger partial charge in [-0.05, 0) is 25.0 Å². The van der Waals surface area contributed by atoms with Crippen molar-refractivity contribution in [3.05, 3.63) is 30.3 Å². The van der Waals surface area contributed by atoms with Gasteiger partial charge >= 0.3 is 6.03 Å². The third-order valence-electron chi connectivity index (χ3n) is 2.38. The minimum absolute atomic E-state index is 0.0825. The zero-order valence-corrected chi connectivity index (χ0v) is 8.57. The first-order valence-corrected chi connectivity index (χ1v) is 5.23. The van der Waals surface area contributed by atoms with Gasteiger partial charge < -0.3 is 5.32 Å². The summed E-state index contributed by atoms with van der Waals surface area (Å²) in [5, 5.41) is 4.47. The number of benzene rings is 1. The molecule has 0 saturated carbocycles. The summed E-state index contributed by atoms with van der Waals surface area (Å²) in [5.41, 5.74) is 3.89. The molecule has 0 spiro atoms. The van der Waals surface area contributed by atoms with Gasteiger partial charge in [-0.2, -0.15) is 0 Å². The molecule has 0 bridgehead atoms. The lowest BCUT2D eigenvalue weighted by Crippen LogP contribution is -2.48. The number of hydrogen-bond acceptors (Lipinski definition) is 2. The molecule has 4 heteroatoms. The van der Waals surface area contributed by atoms with Crippen LogP contribution in [0.2, 0.25) is 0 Å².